The number of benzene rings is 1. The number of halogens is 1. The van der Waals surface area contributed by atoms with Crippen molar-refractivity contribution in [1.29, 1.82) is 0 Å². The standard InChI is InChI=1S/C19H27ClN4O3/c20-16-5-1-2-6-17(16)22-18(25)14-23-7-9-24(10-8-23)19(26)13-21-12-15-4-3-11-27-15/h1-2,5-6,15,21H,3-4,7-14H2,(H,22,25). The van der Waals surface area contributed by atoms with Gasteiger partial charge >= 0.3 is 0 Å². The van der Waals surface area contributed by atoms with Gasteiger partial charge in [0.2, 0.25) is 11.8 Å². The van der Waals surface area contributed by atoms with E-state index < -0.39 is 0 Å². The second-order valence-corrected chi connectivity index (χ2v) is 7.36. The Morgan fingerprint density at radius 1 is 1.19 bits per heavy atom. The van der Waals surface area contributed by atoms with Crippen LogP contribution in [0.4, 0.5) is 5.69 Å². The highest BCUT2D eigenvalue weighted by atomic mass is 35.5. The third kappa shape index (κ3) is 6.17. The summed E-state index contributed by atoms with van der Waals surface area (Å²) >= 11 is 6.06. The molecule has 0 aromatic heterocycles. The van der Waals surface area contributed by atoms with Gasteiger partial charge in [-0.25, -0.2) is 0 Å². The summed E-state index contributed by atoms with van der Waals surface area (Å²) in [4.78, 5) is 28.4. The minimum absolute atomic E-state index is 0.0962. The van der Waals surface area contributed by atoms with Crippen LogP contribution < -0.4 is 10.6 Å². The van der Waals surface area contributed by atoms with Crippen LogP contribution in [0.2, 0.25) is 5.02 Å². The molecule has 1 aromatic rings. The molecule has 2 fully saturated rings. The van der Waals surface area contributed by atoms with Crippen LogP contribution in [0, 0.1) is 0 Å². The third-order valence-electron chi connectivity index (χ3n) is 4.91. The molecule has 1 aromatic carbocycles. The van der Waals surface area contributed by atoms with Gasteiger partial charge in [-0.2, -0.15) is 0 Å². The van der Waals surface area contributed by atoms with Crippen LogP contribution in [0.15, 0.2) is 24.3 Å². The molecule has 2 aliphatic heterocycles. The Kier molecular flexibility index (Phi) is 7.46. The fourth-order valence-corrected chi connectivity index (χ4v) is 3.55. The highest BCUT2D eigenvalue weighted by Gasteiger charge is 2.23. The SMILES string of the molecule is O=C(CN1CCN(C(=O)CNCC2CCCO2)CC1)Nc1ccccc1Cl. The first kappa shape index (κ1) is 20.1. The first-order chi connectivity index (χ1) is 13.1. The molecule has 2 N–H and O–H groups in total. The maximum atomic E-state index is 12.3. The smallest absolute Gasteiger partial charge is 0.238 e. The Hall–Kier alpha value is -1.67. The molecule has 8 heteroatoms. The predicted octanol–water partition coefficient (Wildman–Crippen LogP) is 1.19. The minimum Gasteiger partial charge on any atom is -0.377 e. The van der Waals surface area contributed by atoms with Gasteiger partial charge in [-0.3, -0.25) is 14.5 Å². The number of ether oxygens (including phenoxy) is 1. The monoisotopic (exact) mass is 394 g/mol. The molecule has 148 valence electrons. The Bertz CT molecular complexity index is 644. The number of carbonyl (C=O) groups excluding carboxylic acids is 2. The molecule has 2 heterocycles. The molecule has 0 saturated carbocycles. The fraction of sp³-hybridized carbons (Fsp3) is 0.579. The number of carbonyl (C=O) groups is 2. The van der Waals surface area contributed by atoms with Crippen molar-refractivity contribution in [2.45, 2.75) is 18.9 Å². The summed E-state index contributed by atoms with van der Waals surface area (Å²) in [5, 5.41) is 6.55. The van der Waals surface area contributed by atoms with Crippen molar-refractivity contribution in [2.75, 3.05) is 57.7 Å². The minimum atomic E-state index is -0.0962. The van der Waals surface area contributed by atoms with Crippen molar-refractivity contribution in [1.82, 2.24) is 15.1 Å². The van der Waals surface area contributed by atoms with Crippen molar-refractivity contribution < 1.29 is 14.3 Å². The molecular formula is C19H27ClN4O3. The molecule has 2 saturated heterocycles. The van der Waals surface area contributed by atoms with Crippen molar-refractivity contribution >= 4 is 29.1 Å². The first-order valence-electron chi connectivity index (χ1n) is 9.48. The van der Waals surface area contributed by atoms with E-state index in [4.69, 9.17) is 16.3 Å². The van der Waals surface area contributed by atoms with E-state index in [0.717, 1.165) is 26.0 Å². The van der Waals surface area contributed by atoms with Crippen LogP contribution in [0.1, 0.15) is 12.8 Å². The number of hydrogen-bond donors (Lipinski definition) is 2. The molecular weight excluding hydrogens is 368 g/mol. The summed E-state index contributed by atoms with van der Waals surface area (Å²) in [6, 6.07) is 7.18. The quantitative estimate of drug-likeness (QED) is 0.726. The summed E-state index contributed by atoms with van der Waals surface area (Å²) in [6.07, 6.45) is 2.41. The number of anilines is 1. The summed E-state index contributed by atoms with van der Waals surface area (Å²) in [7, 11) is 0. The van der Waals surface area contributed by atoms with E-state index >= 15 is 0 Å². The molecule has 0 bridgehead atoms. The van der Waals surface area contributed by atoms with Gasteiger partial charge in [0.15, 0.2) is 0 Å². The van der Waals surface area contributed by atoms with Gasteiger partial charge in [-0.05, 0) is 25.0 Å². The normalized spacial score (nSPS) is 20.6. The predicted molar refractivity (Wildman–Crippen MR) is 105 cm³/mol. The van der Waals surface area contributed by atoms with E-state index in [0.29, 0.717) is 50.0 Å². The Morgan fingerprint density at radius 3 is 2.67 bits per heavy atom. The van der Waals surface area contributed by atoms with E-state index in [9.17, 15) is 9.59 Å². The summed E-state index contributed by atoms with van der Waals surface area (Å²) < 4.78 is 5.54. The lowest BCUT2D eigenvalue weighted by molar-refractivity contribution is -0.132. The number of amides is 2. The van der Waals surface area contributed by atoms with Crippen LogP contribution in [0.3, 0.4) is 0 Å². The molecule has 0 aliphatic carbocycles. The highest BCUT2D eigenvalue weighted by molar-refractivity contribution is 6.33. The van der Waals surface area contributed by atoms with Gasteiger partial charge in [-0.15, -0.1) is 0 Å². The molecule has 1 atom stereocenters. The molecule has 1 unspecified atom stereocenters. The molecule has 27 heavy (non-hydrogen) atoms. The fourth-order valence-electron chi connectivity index (χ4n) is 3.37. The lowest BCUT2D eigenvalue weighted by Crippen LogP contribution is -2.52. The average molecular weight is 395 g/mol. The van der Waals surface area contributed by atoms with Gasteiger partial charge in [0.05, 0.1) is 29.9 Å². The second kappa shape index (κ2) is 10.0. The third-order valence-corrected chi connectivity index (χ3v) is 5.24. The largest absolute Gasteiger partial charge is 0.377 e. The van der Waals surface area contributed by atoms with E-state index in [1.807, 2.05) is 17.0 Å². The summed E-state index contributed by atoms with van der Waals surface area (Å²) in [5.41, 5.74) is 0.621. The number of nitrogens with zero attached hydrogens (tertiary/aromatic N) is 2. The van der Waals surface area contributed by atoms with E-state index in [2.05, 4.69) is 15.5 Å². The second-order valence-electron chi connectivity index (χ2n) is 6.95. The highest BCUT2D eigenvalue weighted by Crippen LogP contribution is 2.20. The molecule has 2 amide bonds. The number of piperazine rings is 1. The number of nitrogens with one attached hydrogen (secondary N) is 2. The van der Waals surface area contributed by atoms with E-state index in [1.54, 1.807) is 12.1 Å². The zero-order chi connectivity index (χ0) is 19.1. The average Bonchev–Trinajstić information content (AvgIpc) is 3.17. The molecule has 3 rings (SSSR count). The lowest BCUT2D eigenvalue weighted by Gasteiger charge is -2.34. The van der Waals surface area contributed by atoms with Crippen LogP contribution in [-0.2, 0) is 14.3 Å². The maximum Gasteiger partial charge on any atom is 0.238 e. The number of hydrogen-bond acceptors (Lipinski definition) is 5. The summed E-state index contributed by atoms with van der Waals surface area (Å²) in [6.45, 7) is 4.85. The van der Waals surface area contributed by atoms with Gasteiger partial charge in [-0.1, -0.05) is 23.7 Å². The van der Waals surface area contributed by atoms with E-state index in [1.165, 1.54) is 0 Å². The number of rotatable bonds is 7. The molecule has 0 spiro atoms. The zero-order valence-corrected chi connectivity index (χ0v) is 16.2. The first-order valence-corrected chi connectivity index (χ1v) is 9.86. The zero-order valence-electron chi connectivity index (χ0n) is 15.5. The van der Waals surface area contributed by atoms with Gasteiger partial charge in [0, 0.05) is 39.3 Å². The Labute approximate surface area is 165 Å². The van der Waals surface area contributed by atoms with Crippen LogP contribution in [0.5, 0.6) is 0 Å². The Morgan fingerprint density at radius 2 is 1.96 bits per heavy atom. The summed E-state index contributed by atoms with van der Waals surface area (Å²) in [5.74, 6) is 0.00859. The van der Waals surface area contributed by atoms with Gasteiger partial charge in [0.1, 0.15) is 0 Å². The van der Waals surface area contributed by atoms with Crippen molar-refractivity contribution in [3.8, 4) is 0 Å². The van der Waals surface area contributed by atoms with Crippen LogP contribution >= 0.6 is 11.6 Å². The van der Waals surface area contributed by atoms with Gasteiger partial charge in [0.25, 0.3) is 0 Å². The van der Waals surface area contributed by atoms with E-state index in [-0.39, 0.29) is 17.9 Å². The molecule has 7 nitrogen and oxygen atoms in total. The van der Waals surface area contributed by atoms with Crippen molar-refractivity contribution in [2.24, 2.45) is 0 Å². The number of para-hydroxylation sites is 1. The van der Waals surface area contributed by atoms with Crippen LogP contribution in [0.25, 0.3) is 0 Å². The van der Waals surface area contributed by atoms with Crippen molar-refractivity contribution in [3.05, 3.63) is 29.3 Å². The molecule has 2 aliphatic rings. The van der Waals surface area contributed by atoms with Crippen molar-refractivity contribution in [3.63, 3.8) is 0 Å². The molecule has 0 radical (unpaired) electrons. The lowest BCUT2D eigenvalue weighted by atomic mass is 10.2. The Balaban J connectivity index is 1.33. The van der Waals surface area contributed by atoms with Gasteiger partial charge < -0.3 is 20.3 Å². The topological polar surface area (TPSA) is 73.9 Å². The maximum absolute atomic E-state index is 12.3. The van der Waals surface area contributed by atoms with Crippen LogP contribution in [-0.4, -0.2) is 80.1 Å².